The van der Waals surface area contributed by atoms with Crippen molar-refractivity contribution in [3.63, 3.8) is 0 Å². The fraction of sp³-hybridized carbons (Fsp3) is 0.308. The Bertz CT molecular complexity index is 499. The summed E-state index contributed by atoms with van der Waals surface area (Å²) in [4.78, 5) is 5.15. The Labute approximate surface area is 115 Å². The van der Waals surface area contributed by atoms with Crippen LogP contribution in [-0.2, 0) is 12.1 Å². The van der Waals surface area contributed by atoms with Gasteiger partial charge in [0.25, 0.3) is 0 Å². The van der Waals surface area contributed by atoms with Crippen molar-refractivity contribution in [2.24, 2.45) is 0 Å². The van der Waals surface area contributed by atoms with Gasteiger partial charge in [0, 0.05) is 34.7 Å². The monoisotopic (exact) mass is 282 g/mol. The third-order valence-electron chi connectivity index (χ3n) is 2.71. The molecule has 18 heavy (non-hydrogen) atoms. The Hall–Kier alpha value is -0.940. The van der Waals surface area contributed by atoms with Crippen LogP contribution in [0.15, 0.2) is 36.0 Å². The average Bonchev–Trinajstić information content (AvgIpc) is 2.82. The zero-order valence-corrected chi connectivity index (χ0v) is 11.6. The molecule has 96 valence electrons. The van der Waals surface area contributed by atoms with Gasteiger partial charge in [-0.2, -0.15) is 0 Å². The number of benzene rings is 1. The summed E-state index contributed by atoms with van der Waals surface area (Å²) in [6.45, 7) is 2.90. The van der Waals surface area contributed by atoms with Gasteiger partial charge < -0.3 is 10.4 Å². The molecular formula is C13H15ClN2OS. The summed E-state index contributed by atoms with van der Waals surface area (Å²) in [6, 6.07) is 7.36. The maximum atomic E-state index is 10.4. The van der Waals surface area contributed by atoms with Crippen LogP contribution in [0.3, 0.4) is 0 Å². The second-order valence-electron chi connectivity index (χ2n) is 4.32. The molecule has 5 heteroatoms. The van der Waals surface area contributed by atoms with Crippen molar-refractivity contribution in [1.82, 2.24) is 10.3 Å². The first-order valence-corrected chi connectivity index (χ1v) is 6.91. The van der Waals surface area contributed by atoms with Gasteiger partial charge in [-0.15, -0.1) is 11.3 Å². The van der Waals surface area contributed by atoms with Gasteiger partial charge in [0.1, 0.15) is 5.60 Å². The van der Waals surface area contributed by atoms with E-state index >= 15 is 0 Å². The lowest BCUT2D eigenvalue weighted by Gasteiger charge is -2.25. The number of nitrogens with zero attached hydrogens (tertiary/aromatic N) is 1. The topological polar surface area (TPSA) is 45.1 Å². The van der Waals surface area contributed by atoms with Crippen LogP contribution in [-0.4, -0.2) is 16.6 Å². The molecule has 1 atom stereocenters. The van der Waals surface area contributed by atoms with Crippen molar-refractivity contribution in [2.75, 3.05) is 6.54 Å². The summed E-state index contributed by atoms with van der Waals surface area (Å²) >= 11 is 7.68. The summed E-state index contributed by atoms with van der Waals surface area (Å²) < 4.78 is 0. The van der Waals surface area contributed by atoms with Crippen molar-refractivity contribution in [1.29, 1.82) is 0 Å². The zero-order chi connectivity index (χ0) is 13.0. The highest BCUT2D eigenvalue weighted by molar-refractivity contribution is 7.09. The molecule has 0 aliphatic rings. The summed E-state index contributed by atoms with van der Waals surface area (Å²) in [5, 5.41) is 14.2. The molecule has 2 rings (SSSR count). The number of halogens is 1. The molecule has 0 radical (unpaired) electrons. The quantitative estimate of drug-likeness (QED) is 0.886. The van der Waals surface area contributed by atoms with Crippen LogP contribution in [0, 0.1) is 0 Å². The fourth-order valence-electron chi connectivity index (χ4n) is 1.75. The first-order valence-electron chi connectivity index (χ1n) is 5.65. The Balaban J connectivity index is 1.97. The molecule has 0 unspecified atom stereocenters. The highest BCUT2D eigenvalue weighted by Gasteiger charge is 2.24. The van der Waals surface area contributed by atoms with Crippen LogP contribution in [0.25, 0.3) is 0 Å². The van der Waals surface area contributed by atoms with Gasteiger partial charge in [0.2, 0.25) is 0 Å². The van der Waals surface area contributed by atoms with Crippen LogP contribution in [0.5, 0.6) is 0 Å². The first kappa shape index (κ1) is 13.5. The van der Waals surface area contributed by atoms with E-state index in [4.69, 9.17) is 11.6 Å². The Kier molecular flexibility index (Phi) is 4.35. The lowest BCUT2D eigenvalue weighted by molar-refractivity contribution is 0.0568. The Morgan fingerprint density at radius 2 is 2.22 bits per heavy atom. The summed E-state index contributed by atoms with van der Waals surface area (Å²) in [5.41, 5.74) is 1.55. The van der Waals surface area contributed by atoms with E-state index in [0.29, 0.717) is 18.1 Å². The number of nitrogens with one attached hydrogen (secondary N) is 1. The number of aromatic nitrogens is 1. The third-order valence-corrected chi connectivity index (χ3v) is 3.82. The molecule has 1 heterocycles. The van der Waals surface area contributed by atoms with E-state index < -0.39 is 5.60 Å². The molecule has 0 bridgehead atoms. The summed E-state index contributed by atoms with van der Waals surface area (Å²) in [5.74, 6) is 0. The van der Waals surface area contributed by atoms with Gasteiger partial charge in [-0.05, 0) is 13.0 Å². The van der Waals surface area contributed by atoms with Gasteiger partial charge in [0.15, 0.2) is 0 Å². The third kappa shape index (κ3) is 3.29. The zero-order valence-electron chi connectivity index (χ0n) is 10.1. The van der Waals surface area contributed by atoms with Gasteiger partial charge in [-0.3, -0.25) is 4.98 Å². The Morgan fingerprint density at radius 3 is 2.89 bits per heavy atom. The van der Waals surface area contributed by atoms with Gasteiger partial charge in [0.05, 0.1) is 5.51 Å². The molecule has 2 N–H and O–H groups in total. The van der Waals surface area contributed by atoms with E-state index in [9.17, 15) is 5.11 Å². The van der Waals surface area contributed by atoms with Gasteiger partial charge >= 0.3 is 0 Å². The fourth-order valence-corrected chi connectivity index (χ4v) is 2.66. The lowest BCUT2D eigenvalue weighted by atomic mass is 9.96. The van der Waals surface area contributed by atoms with E-state index in [-0.39, 0.29) is 0 Å². The lowest BCUT2D eigenvalue weighted by Crippen LogP contribution is -2.35. The maximum absolute atomic E-state index is 10.4. The van der Waals surface area contributed by atoms with Crippen LogP contribution < -0.4 is 5.32 Å². The van der Waals surface area contributed by atoms with E-state index in [0.717, 1.165) is 10.4 Å². The van der Waals surface area contributed by atoms with Crippen molar-refractivity contribution < 1.29 is 5.11 Å². The van der Waals surface area contributed by atoms with Crippen molar-refractivity contribution >= 4 is 22.9 Å². The number of aliphatic hydroxyl groups is 1. The summed E-state index contributed by atoms with van der Waals surface area (Å²) in [6.07, 6.45) is 1.82. The normalized spacial score (nSPS) is 14.4. The molecule has 0 aliphatic carbocycles. The second-order valence-corrected chi connectivity index (χ2v) is 5.70. The van der Waals surface area contributed by atoms with Crippen LogP contribution >= 0.6 is 22.9 Å². The molecule has 1 aromatic heterocycles. The predicted molar refractivity (Wildman–Crippen MR) is 74.8 cm³/mol. The minimum Gasteiger partial charge on any atom is -0.384 e. The van der Waals surface area contributed by atoms with Gasteiger partial charge in [-0.1, -0.05) is 29.8 Å². The van der Waals surface area contributed by atoms with Crippen LogP contribution in [0.4, 0.5) is 0 Å². The molecule has 0 saturated carbocycles. The molecule has 0 fully saturated rings. The van der Waals surface area contributed by atoms with E-state index in [1.54, 1.807) is 29.8 Å². The first-order chi connectivity index (χ1) is 8.59. The second kappa shape index (κ2) is 5.80. The van der Waals surface area contributed by atoms with Crippen molar-refractivity contribution in [2.45, 2.75) is 19.1 Å². The average molecular weight is 283 g/mol. The number of thiazole rings is 1. The van der Waals surface area contributed by atoms with E-state index in [2.05, 4.69) is 10.3 Å². The Morgan fingerprint density at radius 1 is 1.44 bits per heavy atom. The molecule has 0 spiro atoms. The minimum absolute atomic E-state index is 0.439. The molecule has 0 saturated heterocycles. The van der Waals surface area contributed by atoms with E-state index in [1.807, 2.05) is 24.4 Å². The highest BCUT2D eigenvalue weighted by Crippen LogP contribution is 2.27. The maximum Gasteiger partial charge on any atom is 0.101 e. The molecular weight excluding hydrogens is 268 g/mol. The number of hydrogen-bond donors (Lipinski definition) is 2. The van der Waals surface area contributed by atoms with Gasteiger partial charge in [-0.25, -0.2) is 0 Å². The van der Waals surface area contributed by atoms with Crippen molar-refractivity contribution in [3.8, 4) is 0 Å². The molecule has 3 nitrogen and oxygen atoms in total. The smallest absolute Gasteiger partial charge is 0.101 e. The predicted octanol–water partition coefficient (Wildman–Crippen LogP) is 2.79. The number of hydrogen-bond acceptors (Lipinski definition) is 4. The van der Waals surface area contributed by atoms with Crippen LogP contribution in [0.1, 0.15) is 17.4 Å². The molecule has 0 amide bonds. The highest BCUT2D eigenvalue weighted by atomic mass is 35.5. The molecule has 1 aromatic carbocycles. The van der Waals surface area contributed by atoms with E-state index in [1.165, 1.54) is 0 Å². The molecule has 0 aliphatic heterocycles. The number of rotatable bonds is 5. The standard InChI is InChI=1S/C13H15ClN2OS/c1-13(17,11-4-2-3-5-12(11)14)8-15-6-10-7-16-9-18-10/h2-5,7,9,15,17H,6,8H2,1H3/t13-/m1/s1. The summed E-state index contributed by atoms with van der Waals surface area (Å²) in [7, 11) is 0. The van der Waals surface area contributed by atoms with Crippen LogP contribution in [0.2, 0.25) is 5.02 Å². The minimum atomic E-state index is -0.983. The van der Waals surface area contributed by atoms with Crippen molar-refractivity contribution in [3.05, 3.63) is 51.4 Å². The largest absolute Gasteiger partial charge is 0.384 e. The SMILES string of the molecule is C[C@@](O)(CNCc1cncs1)c1ccccc1Cl. The molecule has 2 aromatic rings.